The van der Waals surface area contributed by atoms with Crippen LogP contribution in [0.25, 0.3) is 10.9 Å². The number of pyridine rings is 2. The molecule has 0 aromatic carbocycles. The van der Waals surface area contributed by atoms with E-state index < -0.39 is 0 Å². The number of rotatable bonds is 1. The van der Waals surface area contributed by atoms with Gasteiger partial charge in [-0.05, 0) is 25.5 Å². The molecule has 0 aliphatic carbocycles. The fraction of sp³-hybridized carbons (Fsp3) is 0.273. The van der Waals surface area contributed by atoms with Gasteiger partial charge >= 0.3 is 0 Å². The fourth-order valence-corrected chi connectivity index (χ4v) is 1.68. The molecule has 4 heteroatoms. The molecule has 4 nitrogen and oxygen atoms in total. The van der Waals surface area contributed by atoms with E-state index in [-0.39, 0.29) is 12.2 Å². The first-order valence-electron chi connectivity index (χ1n) is 4.72. The van der Waals surface area contributed by atoms with Gasteiger partial charge in [-0.2, -0.15) is 0 Å². The summed E-state index contributed by atoms with van der Waals surface area (Å²) >= 11 is 0. The van der Waals surface area contributed by atoms with Gasteiger partial charge in [-0.1, -0.05) is 0 Å². The molecule has 2 aromatic heterocycles. The number of fused-ring (bicyclic) bond motifs is 1. The van der Waals surface area contributed by atoms with Crippen molar-refractivity contribution in [2.75, 3.05) is 0 Å². The van der Waals surface area contributed by atoms with Crippen molar-refractivity contribution >= 4 is 10.9 Å². The van der Waals surface area contributed by atoms with E-state index in [1.54, 1.807) is 6.20 Å². The monoisotopic (exact) mass is 204 g/mol. The second kappa shape index (κ2) is 3.47. The van der Waals surface area contributed by atoms with Gasteiger partial charge in [0.15, 0.2) is 0 Å². The lowest BCUT2D eigenvalue weighted by molar-refractivity contribution is 0.279. The molecule has 0 saturated carbocycles. The summed E-state index contributed by atoms with van der Waals surface area (Å²) in [5.41, 5.74) is 2.60. The third kappa shape index (κ3) is 1.53. The third-order valence-electron chi connectivity index (χ3n) is 2.58. The molecule has 0 fully saturated rings. The maximum atomic E-state index is 11.6. The minimum atomic E-state index is -0.245. The largest absolute Gasteiger partial charge is 0.391 e. The maximum Gasteiger partial charge on any atom is 0.254 e. The number of hydrogen-bond acceptors (Lipinski definition) is 3. The number of aliphatic hydroxyl groups is 1. The van der Waals surface area contributed by atoms with E-state index in [4.69, 9.17) is 5.11 Å². The highest BCUT2D eigenvalue weighted by atomic mass is 16.3. The molecule has 0 spiro atoms. The van der Waals surface area contributed by atoms with Gasteiger partial charge < -0.3 is 10.1 Å². The summed E-state index contributed by atoms with van der Waals surface area (Å²) in [6, 6.07) is 1.82. The Kier molecular flexibility index (Phi) is 2.28. The Balaban J connectivity index is 2.91. The van der Waals surface area contributed by atoms with Gasteiger partial charge in [0.1, 0.15) is 0 Å². The van der Waals surface area contributed by atoms with Crippen LogP contribution in [0.3, 0.4) is 0 Å². The number of H-pyrrole nitrogens is 1. The second-order valence-electron chi connectivity index (χ2n) is 3.59. The highest BCUT2D eigenvalue weighted by Crippen LogP contribution is 2.16. The normalized spacial score (nSPS) is 10.9. The molecule has 0 bridgehead atoms. The van der Waals surface area contributed by atoms with Crippen molar-refractivity contribution < 1.29 is 5.11 Å². The molecule has 0 amide bonds. The Labute approximate surface area is 86.6 Å². The predicted molar refractivity (Wildman–Crippen MR) is 57.8 cm³/mol. The van der Waals surface area contributed by atoms with Gasteiger partial charge in [-0.25, -0.2) is 0 Å². The number of hydrogen-bond donors (Lipinski definition) is 2. The van der Waals surface area contributed by atoms with Crippen LogP contribution in [0.1, 0.15) is 16.8 Å². The molecule has 0 radical (unpaired) electrons. The predicted octanol–water partition coefficient (Wildman–Crippen LogP) is 1.03. The Bertz CT molecular complexity index is 573. The van der Waals surface area contributed by atoms with Crippen LogP contribution in [0, 0.1) is 13.8 Å². The molecule has 2 heterocycles. The van der Waals surface area contributed by atoms with Crippen LogP contribution in [0.4, 0.5) is 0 Å². The zero-order valence-corrected chi connectivity index (χ0v) is 8.66. The van der Waals surface area contributed by atoms with E-state index in [0.717, 1.165) is 22.2 Å². The van der Waals surface area contributed by atoms with E-state index in [2.05, 4.69) is 9.97 Å². The van der Waals surface area contributed by atoms with Crippen molar-refractivity contribution in [2.24, 2.45) is 0 Å². The molecule has 78 valence electrons. The molecule has 15 heavy (non-hydrogen) atoms. The van der Waals surface area contributed by atoms with Crippen molar-refractivity contribution in [3.8, 4) is 0 Å². The molecule has 2 rings (SSSR count). The summed E-state index contributed by atoms with van der Waals surface area (Å²) in [5, 5.41) is 9.95. The average molecular weight is 204 g/mol. The Morgan fingerprint density at radius 2 is 2.20 bits per heavy atom. The topological polar surface area (TPSA) is 66.0 Å². The molecule has 0 saturated heterocycles. The van der Waals surface area contributed by atoms with Crippen molar-refractivity contribution in [1.82, 2.24) is 9.97 Å². The summed E-state index contributed by atoms with van der Waals surface area (Å²) in [6.07, 6.45) is 1.72. The van der Waals surface area contributed by atoms with Crippen molar-refractivity contribution in [2.45, 2.75) is 20.5 Å². The van der Waals surface area contributed by atoms with Gasteiger partial charge in [-0.15, -0.1) is 0 Å². The highest BCUT2D eigenvalue weighted by molar-refractivity contribution is 5.82. The third-order valence-corrected chi connectivity index (χ3v) is 2.58. The molecule has 0 unspecified atom stereocenters. The SMILES string of the molecule is Cc1cc2[nH]c(=O)c(CO)c(C)c2cn1. The maximum absolute atomic E-state index is 11.6. The second-order valence-corrected chi connectivity index (χ2v) is 3.59. The summed E-state index contributed by atoms with van der Waals surface area (Å²) in [4.78, 5) is 18.5. The van der Waals surface area contributed by atoms with Crippen LogP contribution in [-0.2, 0) is 6.61 Å². The number of aryl methyl sites for hydroxylation is 2. The molecule has 0 atom stereocenters. The van der Waals surface area contributed by atoms with E-state index in [1.807, 2.05) is 19.9 Å². The van der Waals surface area contributed by atoms with Crippen molar-refractivity contribution in [3.63, 3.8) is 0 Å². The van der Waals surface area contributed by atoms with Crippen molar-refractivity contribution in [3.05, 3.63) is 39.4 Å². The number of nitrogens with zero attached hydrogens (tertiary/aromatic N) is 1. The van der Waals surface area contributed by atoms with Gasteiger partial charge in [0.05, 0.1) is 12.1 Å². The van der Waals surface area contributed by atoms with Crippen LogP contribution < -0.4 is 5.56 Å². The number of nitrogens with one attached hydrogen (secondary N) is 1. The van der Waals surface area contributed by atoms with Crippen LogP contribution in [0.5, 0.6) is 0 Å². The first-order chi connectivity index (χ1) is 7.13. The van der Waals surface area contributed by atoms with Gasteiger partial charge in [0.2, 0.25) is 0 Å². The summed E-state index contributed by atoms with van der Waals surface area (Å²) in [7, 11) is 0. The van der Waals surface area contributed by atoms with Gasteiger partial charge in [-0.3, -0.25) is 9.78 Å². The highest BCUT2D eigenvalue weighted by Gasteiger charge is 2.08. The first kappa shape index (κ1) is 9.86. The van der Waals surface area contributed by atoms with Crippen LogP contribution >= 0.6 is 0 Å². The molecule has 2 N–H and O–H groups in total. The zero-order valence-electron chi connectivity index (χ0n) is 8.66. The molecule has 0 aliphatic heterocycles. The lowest BCUT2D eigenvalue weighted by Gasteiger charge is -2.06. The van der Waals surface area contributed by atoms with E-state index in [9.17, 15) is 4.79 Å². The van der Waals surface area contributed by atoms with E-state index >= 15 is 0 Å². The van der Waals surface area contributed by atoms with Crippen LogP contribution in [0.15, 0.2) is 17.1 Å². The molecular weight excluding hydrogens is 192 g/mol. The van der Waals surface area contributed by atoms with E-state index in [1.165, 1.54) is 0 Å². The number of aromatic nitrogens is 2. The fourth-order valence-electron chi connectivity index (χ4n) is 1.68. The summed E-state index contributed by atoms with van der Waals surface area (Å²) in [5.74, 6) is 0. The summed E-state index contributed by atoms with van der Waals surface area (Å²) < 4.78 is 0. The molecular formula is C11H12N2O2. The Hall–Kier alpha value is -1.68. The Morgan fingerprint density at radius 3 is 2.87 bits per heavy atom. The van der Waals surface area contributed by atoms with E-state index in [0.29, 0.717) is 5.56 Å². The van der Waals surface area contributed by atoms with Crippen molar-refractivity contribution in [1.29, 1.82) is 0 Å². The minimum Gasteiger partial charge on any atom is -0.391 e. The average Bonchev–Trinajstić information content (AvgIpc) is 2.17. The molecule has 2 aromatic rings. The smallest absolute Gasteiger partial charge is 0.254 e. The Morgan fingerprint density at radius 1 is 1.47 bits per heavy atom. The standard InChI is InChI=1S/C11H12N2O2/c1-6-3-10-8(4-12-6)7(2)9(5-14)11(15)13-10/h3-4,14H,5H2,1-2H3,(H,13,15). The zero-order chi connectivity index (χ0) is 11.0. The van der Waals surface area contributed by atoms with Gasteiger partial charge in [0, 0.05) is 22.8 Å². The quantitative estimate of drug-likeness (QED) is 0.729. The number of aromatic amines is 1. The number of aliphatic hydroxyl groups excluding tert-OH is 1. The molecule has 0 aliphatic rings. The van der Waals surface area contributed by atoms with Gasteiger partial charge in [0.25, 0.3) is 5.56 Å². The lowest BCUT2D eigenvalue weighted by atomic mass is 10.1. The van der Waals surface area contributed by atoms with Crippen LogP contribution in [0.2, 0.25) is 0 Å². The summed E-state index contributed by atoms with van der Waals surface area (Å²) in [6.45, 7) is 3.44. The first-order valence-corrected chi connectivity index (χ1v) is 4.72. The lowest BCUT2D eigenvalue weighted by Crippen LogP contribution is -2.15. The minimum absolute atomic E-state index is 0.229. The van der Waals surface area contributed by atoms with Crippen LogP contribution in [-0.4, -0.2) is 15.1 Å².